The predicted molar refractivity (Wildman–Crippen MR) is 90.8 cm³/mol. The Hall–Kier alpha value is -2.48. The van der Waals surface area contributed by atoms with Crippen molar-refractivity contribution < 1.29 is 18.7 Å². The summed E-state index contributed by atoms with van der Waals surface area (Å²) in [5, 5.41) is 0. The first-order valence-corrected chi connectivity index (χ1v) is 8.79. The van der Waals surface area contributed by atoms with Gasteiger partial charge in [0, 0.05) is 31.8 Å². The minimum absolute atomic E-state index is 0.0998. The molecular weight excluding hydrogens is 345 g/mol. The molecule has 2 heterocycles. The number of thiazole rings is 1. The van der Waals surface area contributed by atoms with Crippen LogP contribution in [0.25, 0.3) is 0 Å². The molecule has 0 spiro atoms. The van der Waals surface area contributed by atoms with E-state index in [1.165, 1.54) is 29.7 Å². The van der Waals surface area contributed by atoms with E-state index < -0.39 is 5.91 Å². The first-order valence-electron chi connectivity index (χ1n) is 7.91. The predicted octanol–water partition coefficient (Wildman–Crippen LogP) is 2.07. The van der Waals surface area contributed by atoms with E-state index in [4.69, 9.17) is 10.5 Å². The lowest BCUT2D eigenvalue weighted by Crippen LogP contribution is -2.48. The maximum absolute atomic E-state index is 13.0. The normalized spacial score (nSPS) is 20.3. The average Bonchev–Trinajstić information content (AvgIpc) is 3.12. The molecule has 132 valence electrons. The van der Waals surface area contributed by atoms with Crippen LogP contribution < -0.4 is 10.5 Å². The van der Waals surface area contributed by atoms with Crippen molar-refractivity contribution in [1.29, 1.82) is 0 Å². The van der Waals surface area contributed by atoms with Gasteiger partial charge in [0.2, 0.25) is 5.91 Å². The number of hydrogen-bond donors (Lipinski definition) is 1. The van der Waals surface area contributed by atoms with E-state index in [-0.39, 0.29) is 30.2 Å². The molecule has 1 aromatic heterocycles. The number of nitrogens with two attached hydrogens (primary N) is 1. The van der Waals surface area contributed by atoms with Gasteiger partial charge in [0.05, 0.1) is 11.7 Å². The fourth-order valence-corrected chi connectivity index (χ4v) is 3.56. The molecule has 2 atom stereocenters. The minimum atomic E-state index is -0.440. The zero-order valence-electron chi connectivity index (χ0n) is 13.4. The smallest absolute Gasteiger partial charge is 0.265 e. The van der Waals surface area contributed by atoms with Crippen LogP contribution >= 0.6 is 11.3 Å². The number of benzene rings is 1. The molecule has 2 aromatic rings. The van der Waals surface area contributed by atoms with Crippen LogP contribution in [0.4, 0.5) is 4.39 Å². The molecule has 2 amide bonds. The van der Waals surface area contributed by atoms with Crippen LogP contribution in [-0.4, -0.2) is 40.9 Å². The molecule has 0 unspecified atom stereocenters. The van der Waals surface area contributed by atoms with E-state index in [2.05, 4.69) is 4.98 Å². The number of hydrogen-bond acceptors (Lipinski definition) is 5. The van der Waals surface area contributed by atoms with Gasteiger partial charge in [-0.1, -0.05) is 0 Å². The third-order valence-electron chi connectivity index (χ3n) is 4.16. The van der Waals surface area contributed by atoms with Crippen LogP contribution in [0.2, 0.25) is 0 Å². The molecule has 2 N–H and O–H groups in total. The highest BCUT2D eigenvalue weighted by molar-refractivity contribution is 7.11. The molecule has 0 bridgehead atoms. The van der Waals surface area contributed by atoms with E-state index >= 15 is 0 Å². The fourth-order valence-electron chi connectivity index (χ4n) is 2.97. The van der Waals surface area contributed by atoms with Crippen LogP contribution in [-0.2, 0) is 4.79 Å². The number of amides is 2. The molecule has 1 aromatic carbocycles. The number of likely N-dealkylation sites (tertiary alicyclic amines) is 1. The van der Waals surface area contributed by atoms with Crippen LogP contribution in [0.5, 0.6) is 5.75 Å². The molecule has 6 nitrogen and oxygen atoms in total. The van der Waals surface area contributed by atoms with Gasteiger partial charge in [0.25, 0.3) is 5.91 Å². The van der Waals surface area contributed by atoms with Crippen LogP contribution in [0.15, 0.2) is 36.0 Å². The minimum Gasteiger partial charge on any atom is -0.490 e. The molecule has 1 aliphatic heterocycles. The Labute approximate surface area is 148 Å². The molecule has 1 saturated heterocycles. The molecule has 0 saturated carbocycles. The number of aromatic nitrogens is 1. The third kappa shape index (κ3) is 4.33. The summed E-state index contributed by atoms with van der Waals surface area (Å²) in [6.07, 6.45) is 1.97. The van der Waals surface area contributed by atoms with Gasteiger partial charge in [0.1, 0.15) is 22.5 Å². The zero-order chi connectivity index (χ0) is 17.8. The summed E-state index contributed by atoms with van der Waals surface area (Å²) in [5.41, 5.74) is 6.97. The zero-order valence-corrected chi connectivity index (χ0v) is 14.2. The van der Waals surface area contributed by atoms with E-state index in [0.29, 0.717) is 30.1 Å². The summed E-state index contributed by atoms with van der Waals surface area (Å²) in [7, 11) is 0. The Morgan fingerprint density at radius 1 is 1.36 bits per heavy atom. The van der Waals surface area contributed by atoms with E-state index in [1.807, 2.05) is 0 Å². The van der Waals surface area contributed by atoms with Gasteiger partial charge < -0.3 is 15.4 Å². The summed E-state index contributed by atoms with van der Waals surface area (Å²) in [5.74, 6) is -0.565. The van der Waals surface area contributed by atoms with Gasteiger partial charge in [-0.3, -0.25) is 14.6 Å². The van der Waals surface area contributed by atoms with Gasteiger partial charge in [-0.15, -0.1) is 11.3 Å². The molecule has 1 aliphatic rings. The van der Waals surface area contributed by atoms with Crippen molar-refractivity contribution in [3.63, 3.8) is 0 Å². The van der Waals surface area contributed by atoms with Crippen molar-refractivity contribution in [3.05, 3.63) is 46.7 Å². The molecular formula is C17H18FN3O3S. The number of rotatable bonds is 5. The molecule has 0 radical (unpaired) electrons. The SMILES string of the molecule is NC(=O)C[C@H]1CN(C(=O)c2cncs2)CC[C@@H]1Oc1ccc(F)cc1. The van der Waals surface area contributed by atoms with E-state index in [1.54, 1.807) is 22.5 Å². The number of primary amides is 1. The Balaban J connectivity index is 1.70. The summed E-state index contributed by atoms with van der Waals surface area (Å²) in [6.45, 7) is 0.892. The number of halogens is 1. The summed E-state index contributed by atoms with van der Waals surface area (Å²) in [6, 6.07) is 5.73. The van der Waals surface area contributed by atoms with Gasteiger partial charge in [-0.2, -0.15) is 0 Å². The second-order valence-corrected chi connectivity index (χ2v) is 6.83. The molecule has 8 heteroatoms. The van der Waals surface area contributed by atoms with Crippen molar-refractivity contribution in [2.75, 3.05) is 13.1 Å². The lowest BCUT2D eigenvalue weighted by molar-refractivity contribution is -0.120. The number of carbonyl (C=O) groups excluding carboxylic acids is 2. The van der Waals surface area contributed by atoms with Gasteiger partial charge >= 0.3 is 0 Å². The molecule has 1 fully saturated rings. The number of nitrogens with zero attached hydrogens (tertiary/aromatic N) is 2. The van der Waals surface area contributed by atoms with Crippen LogP contribution in [0.3, 0.4) is 0 Å². The average molecular weight is 363 g/mol. The second kappa shape index (κ2) is 7.60. The van der Waals surface area contributed by atoms with Crippen LogP contribution in [0, 0.1) is 11.7 Å². The first-order chi connectivity index (χ1) is 12.0. The monoisotopic (exact) mass is 363 g/mol. The number of carbonyl (C=O) groups is 2. The largest absolute Gasteiger partial charge is 0.490 e. The Morgan fingerprint density at radius 2 is 2.12 bits per heavy atom. The summed E-state index contributed by atoms with van der Waals surface area (Å²) >= 11 is 1.28. The third-order valence-corrected chi connectivity index (χ3v) is 4.92. The van der Waals surface area contributed by atoms with Crippen molar-refractivity contribution in [2.45, 2.75) is 18.9 Å². The highest BCUT2D eigenvalue weighted by Gasteiger charge is 2.34. The van der Waals surface area contributed by atoms with Crippen molar-refractivity contribution in [3.8, 4) is 5.75 Å². The highest BCUT2D eigenvalue weighted by atomic mass is 32.1. The van der Waals surface area contributed by atoms with Gasteiger partial charge in [0.15, 0.2) is 0 Å². The standard InChI is InChI=1S/C17H18FN3O3S/c18-12-1-3-13(4-2-12)24-14-5-6-21(9-11(14)7-16(19)22)17(23)15-8-20-10-25-15/h1-4,8,10-11,14H,5-7,9H2,(H2,19,22)/t11-,14-/m0/s1. The summed E-state index contributed by atoms with van der Waals surface area (Å²) in [4.78, 5) is 30.1. The van der Waals surface area contributed by atoms with Crippen LogP contribution in [0.1, 0.15) is 22.5 Å². The quantitative estimate of drug-likeness (QED) is 0.881. The highest BCUT2D eigenvalue weighted by Crippen LogP contribution is 2.27. The number of piperidine rings is 1. The van der Waals surface area contributed by atoms with Gasteiger partial charge in [-0.05, 0) is 24.3 Å². The fraction of sp³-hybridized carbons (Fsp3) is 0.353. The Kier molecular flexibility index (Phi) is 5.28. The topological polar surface area (TPSA) is 85.5 Å². The molecule has 25 heavy (non-hydrogen) atoms. The Morgan fingerprint density at radius 3 is 2.76 bits per heavy atom. The lowest BCUT2D eigenvalue weighted by Gasteiger charge is -2.38. The molecule has 3 rings (SSSR count). The van der Waals surface area contributed by atoms with Crippen molar-refractivity contribution in [2.24, 2.45) is 11.7 Å². The maximum atomic E-state index is 13.0. The second-order valence-electron chi connectivity index (χ2n) is 5.95. The Bertz CT molecular complexity index is 736. The van der Waals surface area contributed by atoms with E-state index in [0.717, 1.165) is 0 Å². The maximum Gasteiger partial charge on any atom is 0.265 e. The molecule has 0 aliphatic carbocycles. The van der Waals surface area contributed by atoms with E-state index in [9.17, 15) is 14.0 Å². The van der Waals surface area contributed by atoms with Crippen molar-refractivity contribution >= 4 is 23.2 Å². The number of ether oxygens (including phenoxy) is 1. The van der Waals surface area contributed by atoms with Crippen molar-refractivity contribution in [1.82, 2.24) is 9.88 Å². The first kappa shape index (κ1) is 17.3. The lowest BCUT2D eigenvalue weighted by atomic mass is 9.91. The van der Waals surface area contributed by atoms with Gasteiger partial charge in [-0.25, -0.2) is 4.39 Å². The summed E-state index contributed by atoms with van der Waals surface area (Å²) < 4.78 is 18.9.